The third-order valence-electron chi connectivity index (χ3n) is 3.39. The van der Waals surface area contributed by atoms with E-state index in [-0.39, 0.29) is 5.75 Å². The molecule has 0 aliphatic heterocycles. The molecule has 0 atom stereocenters. The summed E-state index contributed by atoms with van der Waals surface area (Å²) in [6.45, 7) is 2.30. The van der Waals surface area contributed by atoms with Gasteiger partial charge in [-0.15, -0.1) is 0 Å². The van der Waals surface area contributed by atoms with E-state index in [0.717, 1.165) is 16.7 Å². The topological polar surface area (TPSA) is 96.0 Å². The third-order valence-corrected chi connectivity index (χ3v) is 3.71. The van der Waals surface area contributed by atoms with Crippen LogP contribution in [0.3, 0.4) is 0 Å². The number of phenolic OH excluding ortho intramolecular Hbond substituents is 1. The van der Waals surface area contributed by atoms with Gasteiger partial charge in [0.2, 0.25) is 0 Å². The molecule has 0 aliphatic rings. The first-order chi connectivity index (χ1) is 11.5. The molecule has 1 aromatic carbocycles. The molecule has 4 N–H and O–H groups in total. The number of anilines is 1. The van der Waals surface area contributed by atoms with E-state index >= 15 is 0 Å². The first kappa shape index (κ1) is 17.7. The second kappa shape index (κ2) is 7.74. The highest BCUT2D eigenvalue weighted by molar-refractivity contribution is 7.71. The standard InChI is InChI=1S/C17H20N4O2S/c1-4-23-14-7-10(5-6-13(14)22)15-11(8-19-2)16(18)21-17(24)12(15)9-20-3/h5-9,22H,4H2,1-3H3,(H3,18,21,24). The zero-order valence-corrected chi connectivity index (χ0v) is 14.6. The Morgan fingerprint density at radius 2 is 1.92 bits per heavy atom. The summed E-state index contributed by atoms with van der Waals surface area (Å²) in [5.74, 6) is 0.886. The molecule has 0 fully saturated rings. The lowest BCUT2D eigenvalue weighted by atomic mass is 9.96. The van der Waals surface area contributed by atoms with Gasteiger partial charge in [-0.25, -0.2) is 0 Å². The third kappa shape index (κ3) is 3.46. The van der Waals surface area contributed by atoms with Crippen molar-refractivity contribution in [3.63, 3.8) is 0 Å². The van der Waals surface area contributed by atoms with Gasteiger partial charge in [0.05, 0.1) is 6.61 Å². The maximum Gasteiger partial charge on any atom is 0.161 e. The van der Waals surface area contributed by atoms with E-state index < -0.39 is 0 Å². The van der Waals surface area contributed by atoms with Crippen molar-refractivity contribution in [1.82, 2.24) is 4.98 Å². The Morgan fingerprint density at radius 1 is 1.25 bits per heavy atom. The van der Waals surface area contributed by atoms with Crippen molar-refractivity contribution in [2.75, 3.05) is 26.4 Å². The van der Waals surface area contributed by atoms with Crippen molar-refractivity contribution in [2.24, 2.45) is 9.98 Å². The molecule has 0 unspecified atom stereocenters. The van der Waals surface area contributed by atoms with E-state index in [1.165, 1.54) is 0 Å². The SMILES string of the molecule is CCOc1cc(-c2c(C=NC)c(N)[nH]c(=S)c2C=NC)ccc1O. The highest BCUT2D eigenvalue weighted by Crippen LogP contribution is 2.35. The van der Waals surface area contributed by atoms with E-state index in [4.69, 9.17) is 22.7 Å². The number of nitrogens with one attached hydrogen (secondary N) is 1. The Hall–Kier alpha value is -2.67. The van der Waals surface area contributed by atoms with E-state index in [0.29, 0.717) is 28.4 Å². The van der Waals surface area contributed by atoms with E-state index in [2.05, 4.69) is 15.0 Å². The number of rotatable bonds is 5. The number of hydrogen-bond acceptors (Lipinski definition) is 6. The molecule has 0 spiro atoms. The van der Waals surface area contributed by atoms with Gasteiger partial charge in [0.25, 0.3) is 0 Å². The number of nitrogen functional groups attached to an aromatic ring is 1. The summed E-state index contributed by atoms with van der Waals surface area (Å²) in [6.07, 6.45) is 3.34. The molecule has 0 saturated heterocycles. The normalized spacial score (nSPS) is 11.5. The first-order valence-corrected chi connectivity index (χ1v) is 7.80. The van der Waals surface area contributed by atoms with Crippen molar-refractivity contribution < 1.29 is 9.84 Å². The molecule has 0 amide bonds. The Morgan fingerprint density at radius 3 is 2.54 bits per heavy atom. The maximum atomic E-state index is 9.94. The number of aromatic amines is 1. The lowest BCUT2D eigenvalue weighted by Gasteiger charge is -2.15. The molecule has 1 heterocycles. The number of phenols is 1. The summed E-state index contributed by atoms with van der Waals surface area (Å²) >= 11 is 5.39. The van der Waals surface area contributed by atoms with E-state index in [1.807, 2.05) is 6.92 Å². The van der Waals surface area contributed by atoms with Gasteiger partial charge in [-0.3, -0.25) is 9.98 Å². The van der Waals surface area contributed by atoms with Crippen LogP contribution in [-0.4, -0.2) is 43.2 Å². The summed E-state index contributed by atoms with van der Waals surface area (Å²) in [4.78, 5) is 11.1. The van der Waals surface area contributed by atoms with E-state index in [1.54, 1.807) is 44.7 Å². The van der Waals surface area contributed by atoms with Gasteiger partial charge in [-0.2, -0.15) is 0 Å². The predicted molar refractivity (Wildman–Crippen MR) is 101 cm³/mol. The van der Waals surface area contributed by atoms with Crippen molar-refractivity contribution in [3.05, 3.63) is 34.0 Å². The summed E-state index contributed by atoms with van der Waals surface area (Å²) in [7, 11) is 3.34. The molecule has 0 radical (unpaired) electrons. The molecular weight excluding hydrogens is 324 g/mol. The molecule has 0 aliphatic carbocycles. The fraction of sp³-hybridized carbons (Fsp3) is 0.235. The van der Waals surface area contributed by atoms with Crippen molar-refractivity contribution in [3.8, 4) is 22.6 Å². The number of hydrogen-bond donors (Lipinski definition) is 3. The average molecular weight is 344 g/mol. The molecule has 126 valence electrons. The highest BCUT2D eigenvalue weighted by atomic mass is 32.1. The van der Waals surface area contributed by atoms with Gasteiger partial charge in [-0.05, 0) is 24.6 Å². The van der Waals surface area contributed by atoms with Crippen molar-refractivity contribution >= 4 is 30.5 Å². The molecule has 6 nitrogen and oxygen atoms in total. The smallest absolute Gasteiger partial charge is 0.161 e. The summed E-state index contributed by atoms with van der Waals surface area (Å²) < 4.78 is 5.96. The number of pyridine rings is 1. The lowest BCUT2D eigenvalue weighted by Crippen LogP contribution is -2.05. The molecule has 7 heteroatoms. The average Bonchev–Trinajstić information content (AvgIpc) is 2.55. The monoisotopic (exact) mass is 344 g/mol. The van der Waals surface area contributed by atoms with Crippen LogP contribution in [0.4, 0.5) is 5.82 Å². The van der Waals surface area contributed by atoms with Crippen LogP contribution in [0.2, 0.25) is 0 Å². The number of H-pyrrole nitrogens is 1. The second-order valence-corrected chi connectivity index (χ2v) is 5.37. The van der Waals surface area contributed by atoms with Crippen LogP contribution < -0.4 is 10.5 Å². The van der Waals surface area contributed by atoms with Crippen LogP contribution in [0.5, 0.6) is 11.5 Å². The van der Waals surface area contributed by atoms with Gasteiger partial charge >= 0.3 is 0 Å². The fourth-order valence-corrected chi connectivity index (χ4v) is 2.68. The second-order valence-electron chi connectivity index (χ2n) is 4.96. The van der Waals surface area contributed by atoms with Gasteiger partial charge < -0.3 is 20.6 Å². The summed E-state index contributed by atoms with van der Waals surface area (Å²) in [6, 6.07) is 5.11. The summed E-state index contributed by atoms with van der Waals surface area (Å²) in [5.41, 5.74) is 9.11. The summed E-state index contributed by atoms with van der Waals surface area (Å²) in [5, 5.41) is 9.94. The zero-order chi connectivity index (χ0) is 17.7. The Kier molecular flexibility index (Phi) is 5.70. The number of nitrogens with two attached hydrogens (primary N) is 1. The van der Waals surface area contributed by atoms with Crippen LogP contribution >= 0.6 is 12.2 Å². The number of nitrogens with zero attached hydrogens (tertiary/aromatic N) is 2. The fourth-order valence-electron chi connectivity index (χ4n) is 2.42. The Balaban J connectivity index is 2.85. The van der Waals surface area contributed by atoms with Gasteiger partial charge in [-0.1, -0.05) is 18.3 Å². The number of aliphatic imine (C=N–C) groups is 2. The molecule has 24 heavy (non-hydrogen) atoms. The van der Waals surface area contributed by atoms with Gasteiger partial charge in [0.1, 0.15) is 10.5 Å². The molecular formula is C17H20N4O2S. The van der Waals surface area contributed by atoms with Crippen LogP contribution in [0.25, 0.3) is 11.1 Å². The molecule has 2 rings (SSSR count). The minimum Gasteiger partial charge on any atom is -0.504 e. The predicted octanol–water partition coefficient (Wildman–Crippen LogP) is 3.20. The minimum atomic E-state index is 0.0751. The van der Waals surface area contributed by atoms with Crippen LogP contribution in [0.15, 0.2) is 28.2 Å². The van der Waals surface area contributed by atoms with Gasteiger partial charge in [0, 0.05) is 43.2 Å². The van der Waals surface area contributed by atoms with Gasteiger partial charge in [0.15, 0.2) is 11.5 Å². The van der Waals surface area contributed by atoms with E-state index in [9.17, 15) is 5.11 Å². The Labute approximate surface area is 145 Å². The van der Waals surface area contributed by atoms with Crippen LogP contribution in [0, 0.1) is 4.64 Å². The number of ether oxygens (including phenoxy) is 1. The molecule has 1 aromatic heterocycles. The van der Waals surface area contributed by atoms with Crippen LogP contribution in [-0.2, 0) is 0 Å². The highest BCUT2D eigenvalue weighted by Gasteiger charge is 2.16. The van der Waals surface area contributed by atoms with Crippen molar-refractivity contribution in [2.45, 2.75) is 6.92 Å². The molecule has 0 saturated carbocycles. The largest absolute Gasteiger partial charge is 0.504 e. The number of benzene rings is 1. The lowest BCUT2D eigenvalue weighted by molar-refractivity contribution is 0.318. The quantitative estimate of drug-likeness (QED) is 0.573. The molecule has 2 aromatic rings. The maximum absolute atomic E-state index is 9.94. The zero-order valence-electron chi connectivity index (χ0n) is 13.8. The molecule has 0 bridgehead atoms. The minimum absolute atomic E-state index is 0.0751. The number of aromatic hydroxyl groups is 1. The number of aromatic nitrogens is 1. The first-order valence-electron chi connectivity index (χ1n) is 7.39. The van der Waals surface area contributed by atoms with Crippen molar-refractivity contribution in [1.29, 1.82) is 0 Å². The Bertz CT molecular complexity index is 856. The van der Waals surface area contributed by atoms with Crippen LogP contribution in [0.1, 0.15) is 18.1 Å².